The average Bonchev–Trinajstić information content (AvgIpc) is 2.47. The smallest absolute Gasteiger partial charge is 0.142 e. The molecule has 2 atom stereocenters. The van der Waals surface area contributed by atoms with Crippen LogP contribution in [0.1, 0.15) is 13.3 Å². The fourth-order valence-corrected chi connectivity index (χ4v) is 3.99. The highest BCUT2D eigenvalue weighted by Crippen LogP contribution is 2.29. The minimum atomic E-state index is 0.274. The Bertz CT molecular complexity index is 426. The van der Waals surface area contributed by atoms with E-state index in [1.807, 2.05) is 12.1 Å². The highest BCUT2D eigenvalue weighted by atomic mass is 32.2. The van der Waals surface area contributed by atoms with Gasteiger partial charge in [0.15, 0.2) is 0 Å². The number of hydrogen-bond acceptors (Lipinski definition) is 4. The number of benzene rings is 1. The van der Waals surface area contributed by atoms with Crippen molar-refractivity contribution in [3.63, 3.8) is 0 Å². The summed E-state index contributed by atoms with van der Waals surface area (Å²) in [7, 11) is 0. The molecule has 3 nitrogen and oxygen atoms in total. The fraction of sp³-hybridized carbons (Fsp3) is 0.600. The Morgan fingerprint density at radius 2 is 2.32 bits per heavy atom. The number of nitrogens with one attached hydrogen (secondary N) is 1. The largest absolute Gasteiger partial charge is 0.485 e. The maximum Gasteiger partial charge on any atom is 0.142 e. The molecule has 2 heterocycles. The van der Waals surface area contributed by atoms with E-state index in [0.717, 1.165) is 29.8 Å². The SMILES string of the molecule is CCC1CN(CC2CNc3ccccc3O2)CCS1. The number of ether oxygens (including phenoxy) is 1. The van der Waals surface area contributed by atoms with Crippen molar-refractivity contribution in [2.24, 2.45) is 0 Å². The molecule has 1 aromatic carbocycles. The summed E-state index contributed by atoms with van der Waals surface area (Å²) < 4.78 is 6.09. The molecule has 0 aromatic heterocycles. The van der Waals surface area contributed by atoms with Gasteiger partial charge in [-0.05, 0) is 18.6 Å². The monoisotopic (exact) mass is 278 g/mol. The Hall–Kier alpha value is -0.870. The van der Waals surface area contributed by atoms with E-state index in [4.69, 9.17) is 4.74 Å². The number of fused-ring (bicyclic) bond motifs is 1. The molecule has 1 fully saturated rings. The van der Waals surface area contributed by atoms with Gasteiger partial charge in [0.25, 0.3) is 0 Å². The molecule has 2 aliphatic rings. The molecule has 0 aliphatic carbocycles. The third kappa shape index (κ3) is 3.18. The molecule has 2 aliphatic heterocycles. The molecule has 1 aromatic rings. The van der Waals surface area contributed by atoms with Crippen LogP contribution in [-0.4, -0.2) is 48.2 Å². The maximum atomic E-state index is 6.09. The third-order valence-electron chi connectivity index (χ3n) is 3.84. The van der Waals surface area contributed by atoms with Gasteiger partial charge in [-0.1, -0.05) is 19.1 Å². The number of para-hydroxylation sites is 2. The molecule has 104 valence electrons. The van der Waals surface area contributed by atoms with E-state index in [9.17, 15) is 0 Å². The number of rotatable bonds is 3. The predicted molar refractivity (Wildman–Crippen MR) is 82.3 cm³/mol. The first-order valence-electron chi connectivity index (χ1n) is 7.18. The molecule has 3 rings (SSSR count). The van der Waals surface area contributed by atoms with Crippen LogP contribution in [0.4, 0.5) is 5.69 Å². The van der Waals surface area contributed by atoms with E-state index in [0.29, 0.717) is 0 Å². The topological polar surface area (TPSA) is 24.5 Å². The Labute approximate surface area is 119 Å². The zero-order chi connectivity index (χ0) is 13.1. The van der Waals surface area contributed by atoms with Crippen LogP contribution in [0.5, 0.6) is 5.75 Å². The van der Waals surface area contributed by atoms with Crippen molar-refractivity contribution in [3.8, 4) is 5.75 Å². The van der Waals surface area contributed by atoms with Gasteiger partial charge >= 0.3 is 0 Å². The van der Waals surface area contributed by atoms with Gasteiger partial charge in [0.05, 0.1) is 12.2 Å². The molecular formula is C15H22N2OS. The number of nitrogens with zero attached hydrogens (tertiary/aromatic N) is 1. The summed E-state index contributed by atoms with van der Waals surface area (Å²) in [6.45, 7) is 6.65. The number of anilines is 1. The van der Waals surface area contributed by atoms with Crippen molar-refractivity contribution in [1.29, 1.82) is 0 Å². The minimum Gasteiger partial charge on any atom is -0.485 e. The molecule has 0 radical (unpaired) electrons. The predicted octanol–water partition coefficient (Wildman–Crippen LogP) is 2.69. The van der Waals surface area contributed by atoms with Crippen molar-refractivity contribution in [1.82, 2.24) is 4.90 Å². The van der Waals surface area contributed by atoms with Crippen LogP contribution in [0.2, 0.25) is 0 Å². The second kappa shape index (κ2) is 6.06. The van der Waals surface area contributed by atoms with Crippen LogP contribution in [0.15, 0.2) is 24.3 Å². The number of thioether (sulfide) groups is 1. The normalized spacial score (nSPS) is 27.2. The Morgan fingerprint density at radius 1 is 1.42 bits per heavy atom. The van der Waals surface area contributed by atoms with Crippen LogP contribution in [0.3, 0.4) is 0 Å². The standard InChI is InChI=1S/C15H22N2OS/c1-2-13-11-17(7-8-19-13)10-12-9-16-14-5-3-4-6-15(14)18-12/h3-6,12-13,16H,2,7-11H2,1H3. The molecule has 0 amide bonds. The summed E-state index contributed by atoms with van der Waals surface area (Å²) in [6, 6.07) is 8.21. The van der Waals surface area contributed by atoms with Gasteiger partial charge in [-0.25, -0.2) is 0 Å². The van der Waals surface area contributed by atoms with Crippen LogP contribution in [0.25, 0.3) is 0 Å². The zero-order valence-electron chi connectivity index (χ0n) is 11.5. The van der Waals surface area contributed by atoms with Crippen molar-refractivity contribution in [2.45, 2.75) is 24.7 Å². The lowest BCUT2D eigenvalue weighted by Gasteiger charge is -2.36. The molecule has 1 N–H and O–H groups in total. The van der Waals surface area contributed by atoms with Crippen molar-refractivity contribution in [2.75, 3.05) is 37.2 Å². The summed E-state index contributed by atoms with van der Waals surface area (Å²) in [4.78, 5) is 2.56. The molecular weight excluding hydrogens is 256 g/mol. The molecule has 1 saturated heterocycles. The lowest BCUT2D eigenvalue weighted by molar-refractivity contribution is 0.137. The zero-order valence-corrected chi connectivity index (χ0v) is 12.3. The van der Waals surface area contributed by atoms with Crippen LogP contribution >= 0.6 is 11.8 Å². The van der Waals surface area contributed by atoms with Gasteiger partial charge in [0.2, 0.25) is 0 Å². The highest BCUT2D eigenvalue weighted by molar-refractivity contribution is 8.00. The van der Waals surface area contributed by atoms with E-state index in [1.165, 1.54) is 25.3 Å². The van der Waals surface area contributed by atoms with E-state index >= 15 is 0 Å². The van der Waals surface area contributed by atoms with Crippen LogP contribution < -0.4 is 10.1 Å². The molecule has 4 heteroatoms. The summed E-state index contributed by atoms with van der Waals surface area (Å²) >= 11 is 2.12. The quantitative estimate of drug-likeness (QED) is 0.919. The first kappa shape index (κ1) is 13.1. The molecule has 0 bridgehead atoms. The first-order chi connectivity index (χ1) is 9.35. The molecule has 19 heavy (non-hydrogen) atoms. The van der Waals surface area contributed by atoms with E-state index in [1.54, 1.807) is 0 Å². The first-order valence-corrected chi connectivity index (χ1v) is 8.23. The van der Waals surface area contributed by atoms with E-state index in [-0.39, 0.29) is 6.10 Å². The Balaban J connectivity index is 1.57. The lowest BCUT2D eigenvalue weighted by Crippen LogP contribution is -2.46. The minimum absolute atomic E-state index is 0.274. The van der Waals surface area contributed by atoms with Gasteiger partial charge in [-0.3, -0.25) is 4.90 Å². The Kier molecular flexibility index (Phi) is 4.18. The molecule has 2 unspecified atom stereocenters. The number of hydrogen-bond donors (Lipinski definition) is 1. The van der Waals surface area contributed by atoms with Crippen LogP contribution in [-0.2, 0) is 0 Å². The maximum absolute atomic E-state index is 6.09. The van der Waals surface area contributed by atoms with Gasteiger partial charge in [0.1, 0.15) is 11.9 Å². The summed E-state index contributed by atoms with van der Waals surface area (Å²) in [6.07, 6.45) is 1.55. The van der Waals surface area contributed by atoms with E-state index < -0.39 is 0 Å². The van der Waals surface area contributed by atoms with Gasteiger partial charge in [-0.2, -0.15) is 11.8 Å². The van der Waals surface area contributed by atoms with Gasteiger partial charge < -0.3 is 10.1 Å². The Morgan fingerprint density at radius 3 is 3.21 bits per heavy atom. The van der Waals surface area contributed by atoms with Crippen molar-refractivity contribution >= 4 is 17.4 Å². The van der Waals surface area contributed by atoms with Crippen molar-refractivity contribution < 1.29 is 4.74 Å². The summed E-state index contributed by atoms with van der Waals surface area (Å²) in [5, 5.41) is 4.27. The van der Waals surface area contributed by atoms with Gasteiger partial charge in [-0.15, -0.1) is 0 Å². The fourth-order valence-electron chi connectivity index (χ4n) is 2.74. The summed E-state index contributed by atoms with van der Waals surface area (Å²) in [5.41, 5.74) is 1.12. The second-order valence-electron chi connectivity index (χ2n) is 5.28. The second-order valence-corrected chi connectivity index (χ2v) is 6.69. The van der Waals surface area contributed by atoms with Crippen molar-refractivity contribution in [3.05, 3.63) is 24.3 Å². The van der Waals surface area contributed by atoms with Gasteiger partial charge in [0, 0.05) is 30.6 Å². The lowest BCUT2D eigenvalue weighted by atomic mass is 10.2. The molecule has 0 saturated carbocycles. The van der Waals surface area contributed by atoms with Crippen LogP contribution in [0, 0.1) is 0 Å². The van der Waals surface area contributed by atoms with E-state index in [2.05, 4.69) is 41.0 Å². The summed E-state index contributed by atoms with van der Waals surface area (Å²) in [5.74, 6) is 2.26. The third-order valence-corrected chi connectivity index (χ3v) is 5.21. The average molecular weight is 278 g/mol. The highest BCUT2D eigenvalue weighted by Gasteiger charge is 2.25. The molecule has 0 spiro atoms.